The van der Waals surface area contributed by atoms with Crippen LogP contribution in [0.4, 0.5) is 8.78 Å². The molecule has 94 valence electrons. The van der Waals surface area contributed by atoms with Crippen molar-refractivity contribution in [2.75, 3.05) is 13.2 Å². The first-order valence-corrected chi connectivity index (χ1v) is 6.02. The summed E-state index contributed by atoms with van der Waals surface area (Å²) in [5.41, 5.74) is 0.397. The quantitative estimate of drug-likeness (QED) is 0.779. The van der Waals surface area contributed by atoms with Crippen molar-refractivity contribution in [2.24, 2.45) is 0 Å². The fourth-order valence-corrected chi connectivity index (χ4v) is 1.93. The van der Waals surface area contributed by atoms with Crippen LogP contribution in [0.1, 0.15) is 18.4 Å². The van der Waals surface area contributed by atoms with Gasteiger partial charge in [-0.2, -0.15) is 0 Å². The lowest BCUT2D eigenvalue weighted by Gasteiger charge is -2.23. The molecule has 1 aromatic carbocycles. The zero-order valence-electron chi connectivity index (χ0n) is 9.22. The van der Waals surface area contributed by atoms with Gasteiger partial charge in [0.05, 0.1) is 6.61 Å². The Morgan fingerprint density at radius 1 is 1.35 bits per heavy atom. The van der Waals surface area contributed by atoms with E-state index in [-0.39, 0.29) is 17.7 Å². The first-order chi connectivity index (χ1) is 8.20. The largest absolute Gasteiger partial charge is 0.482 e. The van der Waals surface area contributed by atoms with Crippen LogP contribution in [0.5, 0.6) is 5.75 Å². The highest BCUT2D eigenvalue weighted by Gasteiger charge is 2.20. The molecule has 0 amide bonds. The van der Waals surface area contributed by atoms with Crippen molar-refractivity contribution in [1.82, 2.24) is 0 Å². The van der Waals surface area contributed by atoms with Crippen LogP contribution in [0.15, 0.2) is 12.1 Å². The van der Waals surface area contributed by atoms with Gasteiger partial charge in [0.25, 0.3) is 0 Å². The molecule has 1 saturated heterocycles. The van der Waals surface area contributed by atoms with Gasteiger partial charge in [0.15, 0.2) is 17.4 Å². The van der Waals surface area contributed by atoms with Crippen LogP contribution in [-0.2, 0) is 10.6 Å². The van der Waals surface area contributed by atoms with Gasteiger partial charge in [-0.25, -0.2) is 8.78 Å². The fraction of sp³-hybridized carbons (Fsp3) is 0.500. The van der Waals surface area contributed by atoms with Crippen molar-refractivity contribution in [1.29, 1.82) is 0 Å². The van der Waals surface area contributed by atoms with Crippen molar-refractivity contribution in [3.05, 3.63) is 29.3 Å². The SMILES string of the molecule is Fc1cc(CCl)cc(F)c1OC1CCCOC1. The van der Waals surface area contributed by atoms with Crippen molar-refractivity contribution < 1.29 is 18.3 Å². The predicted octanol–water partition coefficient (Wildman–Crippen LogP) is 3.26. The average Bonchev–Trinajstić information content (AvgIpc) is 2.35. The molecule has 1 aliphatic rings. The monoisotopic (exact) mass is 262 g/mol. The molecule has 17 heavy (non-hydrogen) atoms. The first kappa shape index (κ1) is 12.6. The predicted molar refractivity (Wildman–Crippen MR) is 60.4 cm³/mol. The second-order valence-electron chi connectivity index (χ2n) is 3.98. The van der Waals surface area contributed by atoms with Gasteiger partial charge in [-0.05, 0) is 30.5 Å². The van der Waals surface area contributed by atoms with Crippen LogP contribution < -0.4 is 4.74 Å². The van der Waals surface area contributed by atoms with Gasteiger partial charge in [0, 0.05) is 12.5 Å². The van der Waals surface area contributed by atoms with E-state index in [1.807, 2.05) is 0 Å². The molecule has 2 rings (SSSR count). The molecular weight excluding hydrogens is 250 g/mol. The molecule has 1 fully saturated rings. The van der Waals surface area contributed by atoms with Crippen molar-refractivity contribution >= 4 is 11.6 Å². The molecule has 0 radical (unpaired) electrons. The van der Waals surface area contributed by atoms with Crippen LogP contribution in [0.3, 0.4) is 0 Å². The van der Waals surface area contributed by atoms with Gasteiger partial charge < -0.3 is 9.47 Å². The lowest BCUT2D eigenvalue weighted by atomic mass is 10.1. The highest BCUT2D eigenvalue weighted by atomic mass is 35.5. The Morgan fingerprint density at radius 3 is 2.59 bits per heavy atom. The molecule has 1 aromatic rings. The zero-order chi connectivity index (χ0) is 12.3. The molecule has 2 nitrogen and oxygen atoms in total. The molecule has 0 N–H and O–H groups in total. The second kappa shape index (κ2) is 5.65. The summed E-state index contributed by atoms with van der Waals surface area (Å²) < 4.78 is 37.7. The maximum Gasteiger partial charge on any atom is 0.191 e. The maximum absolute atomic E-state index is 13.6. The molecule has 5 heteroatoms. The molecule has 1 heterocycles. The summed E-state index contributed by atoms with van der Waals surface area (Å²) in [6.07, 6.45) is 1.30. The Kier molecular flexibility index (Phi) is 4.18. The van der Waals surface area contributed by atoms with E-state index in [2.05, 4.69) is 0 Å². The third-order valence-corrected chi connectivity index (χ3v) is 2.92. The number of alkyl halides is 1. The Morgan fingerprint density at radius 2 is 2.06 bits per heavy atom. The van der Waals surface area contributed by atoms with E-state index in [4.69, 9.17) is 21.1 Å². The average molecular weight is 263 g/mol. The highest BCUT2D eigenvalue weighted by molar-refractivity contribution is 6.17. The maximum atomic E-state index is 13.6. The normalized spacial score (nSPS) is 20.3. The topological polar surface area (TPSA) is 18.5 Å². The smallest absolute Gasteiger partial charge is 0.191 e. The van der Waals surface area contributed by atoms with Gasteiger partial charge in [0.2, 0.25) is 0 Å². The molecule has 0 bridgehead atoms. The standard InChI is InChI=1S/C12H13ClF2O2/c13-6-8-4-10(14)12(11(15)5-8)17-9-2-1-3-16-7-9/h4-5,9H,1-3,6-7H2. The van der Waals surface area contributed by atoms with Crippen LogP contribution in [0.2, 0.25) is 0 Å². The number of ether oxygens (including phenoxy) is 2. The lowest BCUT2D eigenvalue weighted by molar-refractivity contribution is 0.00419. The minimum atomic E-state index is -0.716. The van der Waals surface area contributed by atoms with E-state index >= 15 is 0 Å². The van der Waals surface area contributed by atoms with Crippen molar-refractivity contribution in [3.63, 3.8) is 0 Å². The van der Waals surface area contributed by atoms with Crippen molar-refractivity contribution in [2.45, 2.75) is 24.8 Å². The Bertz CT molecular complexity index is 369. The summed E-state index contributed by atoms with van der Waals surface area (Å²) in [6.45, 7) is 1.05. The second-order valence-corrected chi connectivity index (χ2v) is 4.25. The van der Waals surface area contributed by atoms with E-state index < -0.39 is 11.6 Å². The van der Waals surface area contributed by atoms with E-state index in [1.165, 1.54) is 12.1 Å². The number of hydrogen-bond acceptors (Lipinski definition) is 2. The Hall–Kier alpha value is -0.870. The summed E-state index contributed by atoms with van der Waals surface area (Å²) in [4.78, 5) is 0. The van der Waals surface area contributed by atoms with Crippen LogP contribution in [-0.4, -0.2) is 19.3 Å². The zero-order valence-corrected chi connectivity index (χ0v) is 9.97. The Balaban J connectivity index is 2.14. The summed E-state index contributed by atoms with van der Waals surface area (Å²) in [6, 6.07) is 2.38. The molecule has 0 saturated carbocycles. The molecule has 1 unspecified atom stereocenters. The van der Waals surface area contributed by atoms with Crippen LogP contribution in [0.25, 0.3) is 0 Å². The number of halogens is 3. The minimum Gasteiger partial charge on any atom is -0.482 e. The van der Waals surface area contributed by atoms with Crippen LogP contribution in [0, 0.1) is 11.6 Å². The van der Waals surface area contributed by atoms with Gasteiger partial charge in [0.1, 0.15) is 6.10 Å². The van der Waals surface area contributed by atoms with Crippen molar-refractivity contribution in [3.8, 4) is 5.75 Å². The Labute approximate surface area is 103 Å². The van der Waals surface area contributed by atoms with E-state index in [0.29, 0.717) is 18.8 Å². The molecule has 1 atom stereocenters. The number of rotatable bonds is 3. The lowest BCUT2D eigenvalue weighted by Crippen LogP contribution is -2.28. The van der Waals surface area contributed by atoms with E-state index in [9.17, 15) is 8.78 Å². The summed E-state index contributed by atoms with van der Waals surface area (Å²) in [5, 5.41) is 0. The third kappa shape index (κ3) is 3.07. The fourth-order valence-electron chi connectivity index (χ4n) is 1.77. The molecular formula is C12H13ClF2O2. The summed E-state index contributed by atoms with van der Waals surface area (Å²) in [5.74, 6) is -1.70. The minimum absolute atomic E-state index is 0.0701. The van der Waals surface area contributed by atoms with E-state index in [1.54, 1.807) is 0 Å². The molecule has 0 spiro atoms. The van der Waals surface area contributed by atoms with Gasteiger partial charge >= 0.3 is 0 Å². The third-order valence-electron chi connectivity index (χ3n) is 2.62. The van der Waals surface area contributed by atoms with Crippen LogP contribution >= 0.6 is 11.6 Å². The summed E-state index contributed by atoms with van der Waals surface area (Å²) in [7, 11) is 0. The molecule has 0 aliphatic carbocycles. The number of benzene rings is 1. The van der Waals surface area contributed by atoms with Gasteiger partial charge in [-0.3, -0.25) is 0 Å². The first-order valence-electron chi connectivity index (χ1n) is 5.49. The summed E-state index contributed by atoms with van der Waals surface area (Å²) >= 11 is 5.52. The molecule has 1 aliphatic heterocycles. The highest BCUT2D eigenvalue weighted by Crippen LogP contribution is 2.26. The molecule has 0 aromatic heterocycles. The van der Waals surface area contributed by atoms with Gasteiger partial charge in [-0.1, -0.05) is 0 Å². The number of hydrogen-bond donors (Lipinski definition) is 0. The van der Waals surface area contributed by atoms with Gasteiger partial charge in [-0.15, -0.1) is 11.6 Å². The van der Waals surface area contributed by atoms with E-state index in [0.717, 1.165) is 12.8 Å².